The molecule has 7 nitrogen and oxygen atoms in total. The number of nitrogens with zero attached hydrogens (tertiary/aromatic N) is 1. The van der Waals surface area contributed by atoms with Crippen LogP contribution in [0.3, 0.4) is 0 Å². The number of ether oxygens (including phenoxy) is 1. The van der Waals surface area contributed by atoms with E-state index < -0.39 is 5.92 Å². The highest BCUT2D eigenvalue weighted by Crippen LogP contribution is 2.28. The molecular weight excluding hydrogens is 442 g/mol. The standard InChI is InChI=1S/C28H29N3O4/c1-19(2)35-23-14-12-22(13-15-23)31-18-21(16-26(31)32)27(33)30-25-11-7-6-10-24(25)28(34)29-17-20-8-4-3-5-9-20/h3-15,19,21H,16-18H2,1-2H3,(H,29,34)(H,30,33)/t21-/m0/s1. The lowest BCUT2D eigenvalue weighted by atomic mass is 10.1. The minimum atomic E-state index is -0.519. The molecule has 2 N–H and O–H groups in total. The predicted octanol–water partition coefficient (Wildman–Crippen LogP) is 4.40. The van der Waals surface area contributed by atoms with Gasteiger partial charge in [-0.1, -0.05) is 42.5 Å². The number of hydrogen-bond donors (Lipinski definition) is 2. The number of carbonyl (C=O) groups excluding carboxylic acids is 3. The van der Waals surface area contributed by atoms with Gasteiger partial charge < -0.3 is 20.3 Å². The van der Waals surface area contributed by atoms with Crippen LogP contribution in [0.1, 0.15) is 36.2 Å². The molecule has 0 saturated carbocycles. The Morgan fingerprint density at radius 2 is 1.66 bits per heavy atom. The molecule has 180 valence electrons. The van der Waals surface area contributed by atoms with Gasteiger partial charge in [-0.2, -0.15) is 0 Å². The third kappa shape index (κ3) is 6.06. The molecule has 3 amide bonds. The van der Waals surface area contributed by atoms with Crippen molar-refractivity contribution in [2.45, 2.75) is 32.9 Å². The van der Waals surface area contributed by atoms with Crippen molar-refractivity contribution in [1.29, 1.82) is 0 Å². The van der Waals surface area contributed by atoms with Gasteiger partial charge in [-0.3, -0.25) is 14.4 Å². The molecule has 0 spiro atoms. The zero-order valence-corrected chi connectivity index (χ0v) is 19.9. The van der Waals surface area contributed by atoms with E-state index >= 15 is 0 Å². The average molecular weight is 472 g/mol. The fourth-order valence-electron chi connectivity index (χ4n) is 4.01. The van der Waals surface area contributed by atoms with E-state index in [2.05, 4.69) is 10.6 Å². The molecule has 0 bridgehead atoms. The topological polar surface area (TPSA) is 87.7 Å². The number of para-hydroxylation sites is 1. The third-order valence-corrected chi connectivity index (χ3v) is 5.74. The van der Waals surface area contributed by atoms with Gasteiger partial charge in [-0.05, 0) is 55.8 Å². The molecule has 1 atom stereocenters. The van der Waals surface area contributed by atoms with Crippen molar-refractivity contribution in [2.24, 2.45) is 5.92 Å². The first-order valence-electron chi connectivity index (χ1n) is 11.7. The quantitative estimate of drug-likeness (QED) is 0.510. The van der Waals surface area contributed by atoms with Crippen molar-refractivity contribution >= 4 is 29.1 Å². The zero-order valence-electron chi connectivity index (χ0n) is 19.9. The van der Waals surface area contributed by atoms with Crippen LogP contribution in [0.15, 0.2) is 78.9 Å². The lowest BCUT2D eigenvalue weighted by molar-refractivity contribution is -0.122. The van der Waals surface area contributed by atoms with Crippen molar-refractivity contribution < 1.29 is 19.1 Å². The zero-order chi connectivity index (χ0) is 24.8. The first-order chi connectivity index (χ1) is 16.9. The Balaban J connectivity index is 1.39. The number of amides is 3. The van der Waals surface area contributed by atoms with Gasteiger partial charge in [0, 0.05) is 25.2 Å². The maximum atomic E-state index is 13.0. The second-order valence-corrected chi connectivity index (χ2v) is 8.77. The Bertz CT molecular complexity index is 1190. The van der Waals surface area contributed by atoms with Gasteiger partial charge in [0.05, 0.1) is 23.3 Å². The lowest BCUT2D eigenvalue weighted by Crippen LogP contribution is -2.29. The van der Waals surface area contributed by atoms with Gasteiger partial charge in [0.25, 0.3) is 5.91 Å². The molecular formula is C28H29N3O4. The summed E-state index contributed by atoms with van der Waals surface area (Å²) in [6.07, 6.45) is 0.170. The number of anilines is 2. The van der Waals surface area contributed by atoms with E-state index in [1.165, 1.54) is 0 Å². The van der Waals surface area contributed by atoms with Crippen LogP contribution in [0.4, 0.5) is 11.4 Å². The SMILES string of the molecule is CC(C)Oc1ccc(N2C[C@@H](C(=O)Nc3ccccc3C(=O)NCc3ccccc3)CC2=O)cc1. The van der Waals surface area contributed by atoms with Crippen LogP contribution in [0.5, 0.6) is 5.75 Å². The summed E-state index contributed by atoms with van der Waals surface area (Å²) >= 11 is 0. The summed E-state index contributed by atoms with van der Waals surface area (Å²) in [5.41, 5.74) is 2.50. The Kier molecular flexibility index (Phi) is 7.45. The van der Waals surface area contributed by atoms with Crippen molar-refractivity contribution in [2.75, 3.05) is 16.8 Å². The minimum Gasteiger partial charge on any atom is -0.491 e. The molecule has 0 unspecified atom stereocenters. The van der Waals surface area contributed by atoms with E-state index in [0.717, 1.165) is 17.0 Å². The molecule has 1 aliphatic heterocycles. The largest absolute Gasteiger partial charge is 0.491 e. The van der Waals surface area contributed by atoms with Crippen molar-refractivity contribution in [3.8, 4) is 5.75 Å². The predicted molar refractivity (Wildman–Crippen MR) is 135 cm³/mol. The van der Waals surface area contributed by atoms with Crippen LogP contribution >= 0.6 is 0 Å². The van der Waals surface area contributed by atoms with Gasteiger partial charge in [-0.15, -0.1) is 0 Å². The van der Waals surface area contributed by atoms with Crippen LogP contribution in [0.2, 0.25) is 0 Å². The third-order valence-electron chi connectivity index (χ3n) is 5.74. The van der Waals surface area contributed by atoms with E-state index in [0.29, 0.717) is 17.8 Å². The first-order valence-corrected chi connectivity index (χ1v) is 11.7. The number of carbonyl (C=O) groups is 3. The van der Waals surface area contributed by atoms with Gasteiger partial charge >= 0.3 is 0 Å². The summed E-state index contributed by atoms with van der Waals surface area (Å²) < 4.78 is 5.66. The lowest BCUT2D eigenvalue weighted by Gasteiger charge is -2.18. The number of nitrogens with one attached hydrogen (secondary N) is 2. The smallest absolute Gasteiger partial charge is 0.253 e. The van der Waals surface area contributed by atoms with Crippen LogP contribution in [-0.4, -0.2) is 30.4 Å². The summed E-state index contributed by atoms with van der Waals surface area (Å²) in [5.74, 6) is -0.473. The van der Waals surface area contributed by atoms with Crippen LogP contribution < -0.4 is 20.3 Å². The fraction of sp³-hybridized carbons (Fsp3) is 0.250. The maximum absolute atomic E-state index is 13.0. The van der Waals surface area contributed by atoms with Crippen molar-refractivity contribution in [1.82, 2.24) is 5.32 Å². The molecule has 0 radical (unpaired) electrons. The highest BCUT2D eigenvalue weighted by Gasteiger charge is 2.35. The molecule has 3 aromatic carbocycles. The maximum Gasteiger partial charge on any atom is 0.253 e. The Morgan fingerprint density at radius 3 is 2.37 bits per heavy atom. The summed E-state index contributed by atoms with van der Waals surface area (Å²) in [7, 11) is 0. The molecule has 1 fully saturated rings. The van der Waals surface area contributed by atoms with Crippen LogP contribution in [0.25, 0.3) is 0 Å². The van der Waals surface area contributed by atoms with Gasteiger partial charge in [0.1, 0.15) is 5.75 Å². The molecule has 3 aromatic rings. The Labute approximate surface area is 205 Å². The Hall–Kier alpha value is -4.13. The average Bonchev–Trinajstić information content (AvgIpc) is 3.25. The molecule has 1 heterocycles. The second-order valence-electron chi connectivity index (χ2n) is 8.77. The number of benzene rings is 3. The van der Waals surface area contributed by atoms with E-state index in [-0.39, 0.29) is 36.8 Å². The molecule has 1 saturated heterocycles. The molecule has 0 aliphatic carbocycles. The highest BCUT2D eigenvalue weighted by atomic mass is 16.5. The molecule has 7 heteroatoms. The van der Waals surface area contributed by atoms with Gasteiger partial charge in [-0.25, -0.2) is 0 Å². The summed E-state index contributed by atoms with van der Waals surface area (Å²) in [4.78, 5) is 40.1. The molecule has 1 aliphatic rings. The molecule has 4 rings (SSSR count). The van der Waals surface area contributed by atoms with E-state index in [1.54, 1.807) is 29.2 Å². The fourth-order valence-corrected chi connectivity index (χ4v) is 4.01. The number of hydrogen-bond acceptors (Lipinski definition) is 4. The van der Waals surface area contributed by atoms with Gasteiger partial charge in [0.2, 0.25) is 11.8 Å². The minimum absolute atomic E-state index is 0.0608. The van der Waals surface area contributed by atoms with Crippen molar-refractivity contribution in [3.05, 3.63) is 90.0 Å². The van der Waals surface area contributed by atoms with Gasteiger partial charge in [0.15, 0.2) is 0 Å². The monoisotopic (exact) mass is 471 g/mol. The van der Waals surface area contributed by atoms with E-state index in [1.807, 2.05) is 68.4 Å². The molecule has 0 aromatic heterocycles. The van der Waals surface area contributed by atoms with Crippen LogP contribution in [0, 0.1) is 5.92 Å². The molecule has 35 heavy (non-hydrogen) atoms. The van der Waals surface area contributed by atoms with E-state index in [4.69, 9.17) is 4.74 Å². The highest BCUT2D eigenvalue weighted by molar-refractivity contribution is 6.07. The summed E-state index contributed by atoms with van der Waals surface area (Å²) in [5, 5.41) is 5.74. The second kappa shape index (κ2) is 10.9. The Morgan fingerprint density at radius 1 is 0.971 bits per heavy atom. The first kappa shape index (κ1) is 24.0. The number of rotatable bonds is 8. The normalized spacial score (nSPS) is 15.2. The summed E-state index contributed by atoms with van der Waals surface area (Å²) in [6, 6.07) is 23.8. The van der Waals surface area contributed by atoms with Crippen molar-refractivity contribution in [3.63, 3.8) is 0 Å². The summed E-state index contributed by atoms with van der Waals surface area (Å²) in [6.45, 7) is 4.56. The van der Waals surface area contributed by atoms with Crippen LogP contribution in [-0.2, 0) is 16.1 Å². The van der Waals surface area contributed by atoms with E-state index in [9.17, 15) is 14.4 Å².